The van der Waals surface area contributed by atoms with Crippen LogP contribution in [0.5, 0.6) is 11.5 Å². The van der Waals surface area contributed by atoms with Crippen LogP contribution in [0.3, 0.4) is 0 Å². The predicted octanol–water partition coefficient (Wildman–Crippen LogP) is 3.54. The van der Waals surface area contributed by atoms with Crippen LogP contribution in [-0.2, 0) is 17.9 Å². The molecule has 1 fully saturated rings. The second-order valence-corrected chi connectivity index (χ2v) is 7.56. The first-order valence-corrected chi connectivity index (χ1v) is 10.7. The minimum Gasteiger partial charge on any atom is -0.490 e. The van der Waals surface area contributed by atoms with Gasteiger partial charge in [0.1, 0.15) is 6.61 Å². The van der Waals surface area contributed by atoms with Crippen molar-refractivity contribution in [1.82, 2.24) is 10.2 Å². The van der Waals surface area contributed by atoms with Gasteiger partial charge in [-0.2, -0.15) is 0 Å². The molecule has 148 valence electrons. The van der Waals surface area contributed by atoms with Gasteiger partial charge in [-0.1, -0.05) is 18.2 Å². The van der Waals surface area contributed by atoms with E-state index >= 15 is 0 Å². The third-order valence-corrected chi connectivity index (χ3v) is 5.40. The molecule has 0 amide bonds. The van der Waals surface area contributed by atoms with E-state index in [0.29, 0.717) is 13.2 Å². The number of nitrogens with one attached hydrogen (secondary N) is 1. The number of hydrogen-bond acceptors (Lipinski definition) is 6. The van der Waals surface area contributed by atoms with Crippen molar-refractivity contribution in [3.05, 3.63) is 46.2 Å². The highest BCUT2D eigenvalue weighted by Gasteiger charge is 2.12. The first-order valence-electron chi connectivity index (χ1n) is 9.77. The minimum atomic E-state index is 0.575. The highest BCUT2D eigenvalue weighted by molar-refractivity contribution is 7.09. The molecule has 0 atom stereocenters. The number of thiophene rings is 1. The summed E-state index contributed by atoms with van der Waals surface area (Å²) < 4.78 is 17.3. The van der Waals surface area contributed by atoms with Gasteiger partial charge in [-0.05, 0) is 43.9 Å². The van der Waals surface area contributed by atoms with Crippen LogP contribution in [0.1, 0.15) is 23.8 Å². The molecule has 3 rings (SSSR count). The van der Waals surface area contributed by atoms with Gasteiger partial charge in [0.25, 0.3) is 0 Å². The Hall–Kier alpha value is -1.60. The lowest BCUT2D eigenvalue weighted by molar-refractivity contribution is 0.0374. The summed E-state index contributed by atoms with van der Waals surface area (Å²) in [6.07, 6.45) is 1.14. The van der Waals surface area contributed by atoms with Gasteiger partial charge >= 0.3 is 0 Å². The Morgan fingerprint density at radius 1 is 1.15 bits per heavy atom. The van der Waals surface area contributed by atoms with Gasteiger partial charge in [0.2, 0.25) is 0 Å². The topological polar surface area (TPSA) is 43.0 Å². The van der Waals surface area contributed by atoms with E-state index in [1.165, 1.54) is 4.88 Å². The van der Waals surface area contributed by atoms with Gasteiger partial charge in [0.05, 0.1) is 19.8 Å². The maximum atomic E-state index is 6.14. The van der Waals surface area contributed by atoms with Crippen LogP contribution in [0.4, 0.5) is 0 Å². The van der Waals surface area contributed by atoms with Crippen LogP contribution >= 0.6 is 11.3 Å². The van der Waals surface area contributed by atoms with E-state index < -0.39 is 0 Å². The van der Waals surface area contributed by atoms with E-state index in [-0.39, 0.29) is 0 Å². The lowest BCUT2D eigenvalue weighted by atomic mass is 10.1. The highest BCUT2D eigenvalue weighted by atomic mass is 32.1. The number of morpholine rings is 1. The van der Waals surface area contributed by atoms with Gasteiger partial charge in [0, 0.05) is 30.1 Å². The van der Waals surface area contributed by atoms with E-state index in [0.717, 1.165) is 69.4 Å². The smallest absolute Gasteiger partial charge is 0.166 e. The van der Waals surface area contributed by atoms with Crippen LogP contribution in [0.25, 0.3) is 0 Å². The molecule has 1 aliphatic rings. The Labute approximate surface area is 166 Å². The SMILES string of the molecule is CCOc1cccc(CNCCCN2CCOCC2)c1OCc1cccs1. The third kappa shape index (κ3) is 6.50. The Bertz CT molecular complexity index is 657. The maximum absolute atomic E-state index is 6.14. The van der Waals surface area contributed by atoms with Gasteiger partial charge in [-0.15, -0.1) is 11.3 Å². The number of nitrogens with zero attached hydrogens (tertiary/aromatic N) is 1. The zero-order chi connectivity index (χ0) is 18.7. The van der Waals surface area contributed by atoms with Crippen molar-refractivity contribution in [2.24, 2.45) is 0 Å². The van der Waals surface area contributed by atoms with Crippen molar-refractivity contribution in [2.45, 2.75) is 26.5 Å². The second-order valence-electron chi connectivity index (χ2n) is 6.53. The second kappa shape index (κ2) is 11.3. The summed E-state index contributed by atoms with van der Waals surface area (Å²) >= 11 is 1.71. The number of hydrogen-bond donors (Lipinski definition) is 1. The third-order valence-electron chi connectivity index (χ3n) is 4.55. The quantitative estimate of drug-likeness (QED) is 0.595. The molecule has 1 aromatic heterocycles. The Morgan fingerprint density at radius 2 is 2.04 bits per heavy atom. The number of rotatable bonds is 11. The molecule has 0 spiro atoms. The minimum absolute atomic E-state index is 0.575. The molecular weight excluding hydrogens is 360 g/mol. The summed E-state index contributed by atoms with van der Waals surface area (Å²) in [6, 6.07) is 10.3. The van der Waals surface area contributed by atoms with Crippen LogP contribution < -0.4 is 14.8 Å². The van der Waals surface area contributed by atoms with Crippen LogP contribution in [0, 0.1) is 0 Å². The first-order chi connectivity index (χ1) is 13.4. The predicted molar refractivity (Wildman–Crippen MR) is 110 cm³/mol. The summed E-state index contributed by atoms with van der Waals surface area (Å²) in [5, 5.41) is 5.63. The molecule has 1 aliphatic heterocycles. The number of para-hydroxylation sites is 1. The van der Waals surface area contributed by atoms with E-state index in [2.05, 4.69) is 33.8 Å². The Balaban J connectivity index is 1.50. The van der Waals surface area contributed by atoms with Crippen molar-refractivity contribution in [1.29, 1.82) is 0 Å². The van der Waals surface area contributed by atoms with Crippen molar-refractivity contribution in [2.75, 3.05) is 46.0 Å². The molecule has 1 saturated heterocycles. The Kier molecular flexibility index (Phi) is 8.42. The first kappa shape index (κ1) is 20.1. The summed E-state index contributed by atoms with van der Waals surface area (Å²) in [7, 11) is 0. The fourth-order valence-corrected chi connectivity index (χ4v) is 3.76. The normalized spacial score (nSPS) is 15.0. The van der Waals surface area contributed by atoms with E-state index in [1.54, 1.807) is 11.3 Å². The lowest BCUT2D eigenvalue weighted by Gasteiger charge is -2.26. The zero-order valence-corrected chi connectivity index (χ0v) is 16.9. The molecule has 27 heavy (non-hydrogen) atoms. The molecule has 6 heteroatoms. The maximum Gasteiger partial charge on any atom is 0.166 e. The van der Waals surface area contributed by atoms with Crippen molar-refractivity contribution < 1.29 is 14.2 Å². The van der Waals surface area contributed by atoms with E-state index in [4.69, 9.17) is 14.2 Å². The molecule has 0 bridgehead atoms. The molecule has 2 aromatic rings. The standard InChI is InChI=1S/C21H30N2O3S/c1-2-25-20-8-3-6-18(21(20)26-17-19-7-4-15-27-19)16-22-9-5-10-23-11-13-24-14-12-23/h3-4,6-8,15,22H,2,5,9-14,16-17H2,1H3. The monoisotopic (exact) mass is 390 g/mol. The largest absolute Gasteiger partial charge is 0.490 e. The number of benzene rings is 1. The molecular formula is C21H30N2O3S. The fraction of sp³-hybridized carbons (Fsp3) is 0.524. The van der Waals surface area contributed by atoms with E-state index in [9.17, 15) is 0 Å². The Morgan fingerprint density at radius 3 is 2.81 bits per heavy atom. The highest BCUT2D eigenvalue weighted by Crippen LogP contribution is 2.32. The summed E-state index contributed by atoms with van der Waals surface area (Å²) in [5.41, 5.74) is 1.14. The molecule has 0 saturated carbocycles. The van der Waals surface area contributed by atoms with Gasteiger partial charge in [0.15, 0.2) is 11.5 Å². The molecule has 0 unspecified atom stereocenters. The average Bonchev–Trinajstić information content (AvgIpc) is 3.22. The van der Waals surface area contributed by atoms with Crippen LogP contribution in [0.2, 0.25) is 0 Å². The fourth-order valence-electron chi connectivity index (χ4n) is 3.15. The van der Waals surface area contributed by atoms with Gasteiger partial charge in [-0.25, -0.2) is 0 Å². The van der Waals surface area contributed by atoms with Crippen LogP contribution in [0.15, 0.2) is 35.7 Å². The summed E-state index contributed by atoms with van der Waals surface area (Å²) in [4.78, 5) is 3.68. The molecule has 0 aliphatic carbocycles. The van der Waals surface area contributed by atoms with Gasteiger partial charge in [-0.3, -0.25) is 4.90 Å². The molecule has 0 radical (unpaired) electrons. The van der Waals surface area contributed by atoms with Crippen LogP contribution in [-0.4, -0.2) is 50.9 Å². The van der Waals surface area contributed by atoms with E-state index in [1.807, 2.05) is 19.1 Å². The zero-order valence-electron chi connectivity index (χ0n) is 16.1. The molecule has 5 nitrogen and oxygen atoms in total. The summed E-state index contributed by atoms with van der Waals surface area (Å²) in [6.45, 7) is 9.93. The number of ether oxygens (including phenoxy) is 3. The van der Waals surface area contributed by atoms with Crippen molar-refractivity contribution in [3.8, 4) is 11.5 Å². The van der Waals surface area contributed by atoms with Crippen molar-refractivity contribution in [3.63, 3.8) is 0 Å². The van der Waals surface area contributed by atoms with Gasteiger partial charge < -0.3 is 19.5 Å². The lowest BCUT2D eigenvalue weighted by Crippen LogP contribution is -2.37. The molecule has 1 N–H and O–H groups in total. The average molecular weight is 391 g/mol. The molecule has 2 heterocycles. The summed E-state index contributed by atoms with van der Waals surface area (Å²) in [5.74, 6) is 1.68. The molecule has 1 aromatic carbocycles. The van der Waals surface area contributed by atoms with Crippen molar-refractivity contribution >= 4 is 11.3 Å².